The maximum Gasteiger partial charge on any atom is 0.239 e. The lowest BCUT2D eigenvalue weighted by Gasteiger charge is -2.23. The largest absolute Gasteiger partial charge is 0.378 e. The van der Waals surface area contributed by atoms with Gasteiger partial charge in [-0.15, -0.1) is 12.4 Å². The van der Waals surface area contributed by atoms with E-state index in [9.17, 15) is 9.59 Å². The number of hydrogen-bond acceptors (Lipinski definition) is 4. The van der Waals surface area contributed by atoms with E-state index in [2.05, 4.69) is 22.8 Å². The molecule has 1 atom stereocenters. The summed E-state index contributed by atoms with van der Waals surface area (Å²) in [5, 5.41) is 5.97. The molecule has 1 fully saturated rings. The summed E-state index contributed by atoms with van der Waals surface area (Å²) in [6.07, 6.45) is 1.12. The van der Waals surface area contributed by atoms with Crippen LogP contribution in [0.15, 0.2) is 24.3 Å². The molecule has 2 amide bonds. The molecule has 2 aliphatic rings. The lowest BCUT2D eigenvalue weighted by molar-refractivity contribution is -0.132. The molecule has 1 aromatic carbocycles. The van der Waals surface area contributed by atoms with Crippen molar-refractivity contribution in [2.45, 2.75) is 32.0 Å². The summed E-state index contributed by atoms with van der Waals surface area (Å²) in [6.45, 7) is 3.68. The number of fused-ring (bicyclic) bond motifs is 1. The Morgan fingerprint density at radius 2 is 1.96 bits per heavy atom. The Bertz CT molecular complexity index is 551. The Labute approximate surface area is 148 Å². The first-order valence-electron chi connectivity index (χ1n) is 8.17. The molecule has 6 nitrogen and oxygen atoms in total. The molecule has 1 unspecified atom stereocenters. The van der Waals surface area contributed by atoms with Crippen molar-refractivity contribution in [2.75, 3.05) is 26.3 Å². The molecule has 0 radical (unpaired) electrons. The Hall–Kier alpha value is -1.63. The average Bonchev–Trinajstić information content (AvgIpc) is 3.03. The van der Waals surface area contributed by atoms with E-state index in [1.807, 2.05) is 17.0 Å². The van der Waals surface area contributed by atoms with Gasteiger partial charge in [-0.1, -0.05) is 24.3 Å². The first kappa shape index (κ1) is 18.7. The second-order valence-corrected chi connectivity index (χ2v) is 5.99. The Morgan fingerprint density at radius 3 is 2.58 bits per heavy atom. The van der Waals surface area contributed by atoms with Crippen LogP contribution in [0.3, 0.4) is 0 Å². The smallest absolute Gasteiger partial charge is 0.239 e. The molecule has 0 bridgehead atoms. The quantitative estimate of drug-likeness (QED) is 0.769. The molecule has 3 rings (SSSR count). The normalized spacial score (nSPS) is 19.3. The van der Waals surface area contributed by atoms with Crippen LogP contribution in [-0.2, 0) is 27.4 Å². The third kappa shape index (κ3) is 4.69. The summed E-state index contributed by atoms with van der Waals surface area (Å²) >= 11 is 0. The lowest BCUT2D eigenvalue weighted by Crippen LogP contribution is -2.51. The van der Waals surface area contributed by atoms with Crippen LogP contribution in [0.4, 0.5) is 0 Å². The molecule has 2 heterocycles. The van der Waals surface area contributed by atoms with Gasteiger partial charge < -0.3 is 20.3 Å². The van der Waals surface area contributed by atoms with E-state index >= 15 is 0 Å². The summed E-state index contributed by atoms with van der Waals surface area (Å²) in [5.41, 5.74) is 2.47. The predicted molar refractivity (Wildman–Crippen MR) is 92.8 cm³/mol. The van der Waals surface area contributed by atoms with Crippen LogP contribution in [0.5, 0.6) is 0 Å². The number of benzene rings is 1. The SMILES string of the molecule is Cl.O=C(NCCCC(=O)N1Cc2ccccc2C1)C1COCCN1. The van der Waals surface area contributed by atoms with Crippen molar-refractivity contribution in [2.24, 2.45) is 0 Å². The second-order valence-electron chi connectivity index (χ2n) is 5.99. The number of hydrogen-bond donors (Lipinski definition) is 2. The highest BCUT2D eigenvalue weighted by molar-refractivity contribution is 5.85. The number of morpholine rings is 1. The van der Waals surface area contributed by atoms with Crippen LogP contribution < -0.4 is 10.6 Å². The molecule has 7 heteroatoms. The first-order chi connectivity index (χ1) is 11.2. The molecule has 1 aromatic rings. The molecule has 1 saturated heterocycles. The maximum atomic E-state index is 12.2. The molecule has 132 valence electrons. The van der Waals surface area contributed by atoms with Crippen molar-refractivity contribution in [1.82, 2.24) is 15.5 Å². The standard InChI is InChI=1S/C17H23N3O3.ClH/c21-16(20-10-13-4-1-2-5-14(13)11-20)6-3-7-19-17(22)15-12-23-9-8-18-15;/h1-2,4-5,15,18H,3,6-12H2,(H,19,22);1H. The number of carbonyl (C=O) groups excluding carboxylic acids is 2. The number of ether oxygens (including phenoxy) is 1. The maximum absolute atomic E-state index is 12.2. The van der Waals surface area contributed by atoms with Gasteiger partial charge in [0.2, 0.25) is 11.8 Å². The fraction of sp³-hybridized carbons (Fsp3) is 0.529. The number of nitrogens with one attached hydrogen (secondary N) is 2. The van der Waals surface area contributed by atoms with E-state index in [0.29, 0.717) is 52.2 Å². The zero-order valence-electron chi connectivity index (χ0n) is 13.6. The van der Waals surface area contributed by atoms with Crippen LogP contribution in [0, 0.1) is 0 Å². The minimum atomic E-state index is -0.271. The topological polar surface area (TPSA) is 70.7 Å². The molecule has 0 saturated carbocycles. The van der Waals surface area contributed by atoms with Crippen LogP contribution in [-0.4, -0.2) is 49.1 Å². The zero-order chi connectivity index (χ0) is 16.1. The lowest BCUT2D eigenvalue weighted by atomic mass is 10.1. The molecule has 24 heavy (non-hydrogen) atoms. The Morgan fingerprint density at radius 1 is 1.25 bits per heavy atom. The zero-order valence-corrected chi connectivity index (χ0v) is 14.4. The average molecular weight is 354 g/mol. The van der Waals surface area contributed by atoms with Gasteiger partial charge in [-0.25, -0.2) is 0 Å². The highest BCUT2D eigenvalue weighted by Gasteiger charge is 2.23. The summed E-state index contributed by atoms with van der Waals surface area (Å²) < 4.78 is 5.26. The summed E-state index contributed by atoms with van der Waals surface area (Å²) in [4.78, 5) is 26.0. The molecule has 2 aliphatic heterocycles. The van der Waals surface area contributed by atoms with Gasteiger partial charge in [-0.2, -0.15) is 0 Å². The van der Waals surface area contributed by atoms with E-state index in [0.717, 1.165) is 0 Å². The number of carbonyl (C=O) groups is 2. The highest BCUT2D eigenvalue weighted by Crippen LogP contribution is 2.22. The fourth-order valence-electron chi connectivity index (χ4n) is 2.98. The van der Waals surface area contributed by atoms with Gasteiger partial charge in [0.25, 0.3) is 0 Å². The van der Waals surface area contributed by atoms with Crippen molar-refractivity contribution >= 4 is 24.2 Å². The third-order valence-corrected chi connectivity index (χ3v) is 4.30. The summed E-state index contributed by atoms with van der Waals surface area (Å²) in [5.74, 6) is 0.0975. The van der Waals surface area contributed by atoms with Crippen molar-refractivity contribution < 1.29 is 14.3 Å². The number of nitrogens with zero attached hydrogens (tertiary/aromatic N) is 1. The predicted octanol–water partition coefficient (Wildman–Crippen LogP) is 0.835. The first-order valence-corrected chi connectivity index (χ1v) is 8.17. The molecule has 0 aliphatic carbocycles. The third-order valence-electron chi connectivity index (χ3n) is 4.30. The Balaban J connectivity index is 0.00000208. The molecule has 2 N–H and O–H groups in total. The van der Waals surface area contributed by atoms with E-state index in [-0.39, 0.29) is 30.3 Å². The highest BCUT2D eigenvalue weighted by atomic mass is 35.5. The monoisotopic (exact) mass is 353 g/mol. The van der Waals surface area contributed by atoms with Gasteiger partial charge >= 0.3 is 0 Å². The van der Waals surface area contributed by atoms with E-state index in [1.54, 1.807) is 0 Å². The molecule has 0 aromatic heterocycles. The van der Waals surface area contributed by atoms with Crippen molar-refractivity contribution in [3.05, 3.63) is 35.4 Å². The van der Waals surface area contributed by atoms with Crippen LogP contribution >= 0.6 is 12.4 Å². The number of amides is 2. The van der Waals surface area contributed by atoms with Crippen molar-refractivity contribution in [1.29, 1.82) is 0 Å². The van der Waals surface area contributed by atoms with Gasteiger partial charge in [0, 0.05) is 32.6 Å². The van der Waals surface area contributed by atoms with Gasteiger partial charge in [-0.05, 0) is 17.5 Å². The summed E-state index contributed by atoms with van der Waals surface area (Å²) in [6, 6.07) is 7.88. The van der Waals surface area contributed by atoms with Crippen LogP contribution in [0.25, 0.3) is 0 Å². The molecule has 0 spiro atoms. The van der Waals surface area contributed by atoms with E-state index in [4.69, 9.17) is 4.74 Å². The van der Waals surface area contributed by atoms with E-state index < -0.39 is 0 Å². The number of rotatable bonds is 5. The molecular weight excluding hydrogens is 330 g/mol. The van der Waals surface area contributed by atoms with Gasteiger partial charge in [0.1, 0.15) is 6.04 Å². The fourth-order valence-corrected chi connectivity index (χ4v) is 2.98. The van der Waals surface area contributed by atoms with E-state index in [1.165, 1.54) is 11.1 Å². The Kier molecular flexibility index (Phi) is 7.02. The van der Waals surface area contributed by atoms with Gasteiger partial charge in [-0.3, -0.25) is 9.59 Å². The van der Waals surface area contributed by atoms with Gasteiger partial charge in [0.05, 0.1) is 13.2 Å². The minimum absolute atomic E-state index is 0. The van der Waals surface area contributed by atoms with Crippen molar-refractivity contribution in [3.63, 3.8) is 0 Å². The van der Waals surface area contributed by atoms with Gasteiger partial charge in [0.15, 0.2) is 0 Å². The van der Waals surface area contributed by atoms with Crippen LogP contribution in [0.1, 0.15) is 24.0 Å². The van der Waals surface area contributed by atoms with Crippen molar-refractivity contribution in [3.8, 4) is 0 Å². The second kappa shape index (κ2) is 9.01. The number of halogens is 1. The summed E-state index contributed by atoms with van der Waals surface area (Å²) in [7, 11) is 0. The van der Waals surface area contributed by atoms with Crippen LogP contribution in [0.2, 0.25) is 0 Å². The minimum Gasteiger partial charge on any atom is -0.378 e. The molecular formula is C17H24ClN3O3.